The Labute approximate surface area is 151 Å². The number of carbonyl (C=O) groups excluding carboxylic acids is 3. The van der Waals surface area contributed by atoms with Gasteiger partial charge >= 0.3 is 11.8 Å². The number of para-hydroxylation sites is 1. The lowest BCUT2D eigenvalue weighted by atomic mass is 10.2. The van der Waals surface area contributed by atoms with Gasteiger partial charge in [-0.15, -0.1) is 0 Å². The third kappa shape index (κ3) is 4.37. The standard InChI is InChI=1S/C18H23FN4O3/c19-14-5-1-2-6-15(14)20-16(24)13-21-9-11-23(12-10-21)18(26)17(25)22-7-3-4-8-22/h1-2,5-6H,3-4,7-13H2,(H,20,24). The fraction of sp³-hybridized carbons (Fsp3) is 0.500. The first-order valence-corrected chi connectivity index (χ1v) is 8.89. The molecule has 7 nitrogen and oxygen atoms in total. The lowest BCUT2D eigenvalue weighted by Crippen LogP contribution is -2.54. The first-order valence-electron chi connectivity index (χ1n) is 8.89. The largest absolute Gasteiger partial charge is 0.334 e. The molecule has 3 amide bonds. The highest BCUT2D eigenvalue weighted by Crippen LogP contribution is 2.13. The Morgan fingerprint density at radius 1 is 0.885 bits per heavy atom. The number of piperazine rings is 1. The number of likely N-dealkylation sites (tertiary alicyclic amines) is 1. The van der Waals surface area contributed by atoms with Gasteiger partial charge in [0.1, 0.15) is 5.82 Å². The van der Waals surface area contributed by atoms with Crippen molar-refractivity contribution in [2.75, 3.05) is 51.1 Å². The van der Waals surface area contributed by atoms with Crippen LogP contribution in [0.4, 0.5) is 10.1 Å². The number of hydrogen-bond donors (Lipinski definition) is 1. The van der Waals surface area contributed by atoms with Gasteiger partial charge in [-0.05, 0) is 25.0 Å². The van der Waals surface area contributed by atoms with Gasteiger partial charge in [0, 0.05) is 39.3 Å². The zero-order valence-electron chi connectivity index (χ0n) is 14.6. The third-order valence-electron chi connectivity index (χ3n) is 4.75. The van der Waals surface area contributed by atoms with Gasteiger partial charge in [0.2, 0.25) is 5.91 Å². The van der Waals surface area contributed by atoms with Crippen molar-refractivity contribution in [3.63, 3.8) is 0 Å². The van der Waals surface area contributed by atoms with Gasteiger partial charge in [0.25, 0.3) is 0 Å². The molecule has 0 saturated carbocycles. The Bertz CT molecular complexity index is 683. The topological polar surface area (TPSA) is 73.0 Å². The highest BCUT2D eigenvalue weighted by atomic mass is 19.1. The van der Waals surface area contributed by atoms with E-state index in [4.69, 9.17) is 0 Å². The van der Waals surface area contributed by atoms with Crippen LogP contribution in [0.3, 0.4) is 0 Å². The highest BCUT2D eigenvalue weighted by molar-refractivity contribution is 6.35. The second-order valence-electron chi connectivity index (χ2n) is 6.60. The van der Waals surface area contributed by atoms with Crippen LogP contribution in [0.25, 0.3) is 0 Å². The number of anilines is 1. The van der Waals surface area contributed by atoms with Crippen LogP contribution >= 0.6 is 0 Å². The van der Waals surface area contributed by atoms with E-state index < -0.39 is 17.6 Å². The average Bonchev–Trinajstić information content (AvgIpc) is 3.18. The van der Waals surface area contributed by atoms with Crippen LogP contribution in [0.2, 0.25) is 0 Å². The molecule has 3 rings (SSSR count). The Balaban J connectivity index is 1.44. The van der Waals surface area contributed by atoms with Crippen molar-refractivity contribution < 1.29 is 18.8 Å². The summed E-state index contributed by atoms with van der Waals surface area (Å²) in [6.45, 7) is 3.25. The van der Waals surface area contributed by atoms with Crippen LogP contribution in [0, 0.1) is 5.82 Å². The van der Waals surface area contributed by atoms with Crippen molar-refractivity contribution in [1.29, 1.82) is 0 Å². The molecule has 1 aromatic rings. The van der Waals surface area contributed by atoms with Crippen LogP contribution in [0.1, 0.15) is 12.8 Å². The predicted molar refractivity (Wildman–Crippen MR) is 93.9 cm³/mol. The number of amides is 3. The molecule has 0 atom stereocenters. The van der Waals surface area contributed by atoms with Gasteiger partial charge in [0.05, 0.1) is 12.2 Å². The zero-order chi connectivity index (χ0) is 18.5. The molecule has 0 radical (unpaired) electrons. The van der Waals surface area contributed by atoms with E-state index in [0.29, 0.717) is 39.3 Å². The minimum absolute atomic E-state index is 0.121. The maximum Gasteiger partial charge on any atom is 0.312 e. The summed E-state index contributed by atoms with van der Waals surface area (Å²) in [5, 5.41) is 2.55. The Morgan fingerprint density at radius 3 is 2.08 bits per heavy atom. The van der Waals surface area contributed by atoms with Gasteiger partial charge in [0.15, 0.2) is 0 Å². The van der Waals surface area contributed by atoms with Crippen molar-refractivity contribution in [3.8, 4) is 0 Å². The van der Waals surface area contributed by atoms with E-state index in [1.165, 1.54) is 12.1 Å². The number of rotatable bonds is 3. The summed E-state index contributed by atoms with van der Waals surface area (Å²) >= 11 is 0. The fourth-order valence-electron chi connectivity index (χ4n) is 3.26. The first kappa shape index (κ1) is 18.3. The van der Waals surface area contributed by atoms with Crippen molar-refractivity contribution in [3.05, 3.63) is 30.1 Å². The van der Waals surface area contributed by atoms with Crippen LogP contribution in [-0.4, -0.2) is 78.2 Å². The first-order chi connectivity index (χ1) is 12.5. The highest BCUT2D eigenvalue weighted by Gasteiger charge is 2.31. The molecule has 1 aromatic carbocycles. The molecule has 1 N–H and O–H groups in total. The average molecular weight is 362 g/mol. The van der Waals surface area contributed by atoms with Crippen molar-refractivity contribution >= 4 is 23.4 Å². The fourth-order valence-corrected chi connectivity index (χ4v) is 3.26. The summed E-state index contributed by atoms with van der Waals surface area (Å²) in [6.07, 6.45) is 1.90. The monoisotopic (exact) mass is 362 g/mol. The summed E-state index contributed by atoms with van der Waals surface area (Å²) in [4.78, 5) is 41.6. The van der Waals surface area contributed by atoms with E-state index in [2.05, 4.69) is 5.32 Å². The Kier molecular flexibility index (Phi) is 5.82. The van der Waals surface area contributed by atoms with Gasteiger partial charge in [-0.1, -0.05) is 12.1 Å². The van der Waals surface area contributed by atoms with E-state index in [9.17, 15) is 18.8 Å². The Morgan fingerprint density at radius 2 is 1.46 bits per heavy atom. The molecule has 2 saturated heterocycles. The maximum absolute atomic E-state index is 13.6. The molecule has 2 fully saturated rings. The molecule has 0 spiro atoms. The van der Waals surface area contributed by atoms with Gasteiger partial charge < -0.3 is 15.1 Å². The van der Waals surface area contributed by atoms with E-state index in [1.807, 2.05) is 4.90 Å². The van der Waals surface area contributed by atoms with Gasteiger partial charge in [-0.2, -0.15) is 0 Å². The van der Waals surface area contributed by atoms with E-state index in [1.54, 1.807) is 21.9 Å². The maximum atomic E-state index is 13.6. The second-order valence-corrected chi connectivity index (χ2v) is 6.60. The molecule has 0 aliphatic carbocycles. The molecule has 140 valence electrons. The van der Waals surface area contributed by atoms with Crippen LogP contribution in [0.15, 0.2) is 24.3 Å². The van der Waals surface area contributed by atoms with E-state index >= 15 is 0 Å². The predicted octanol–water partition coefficient (Wildman–Crippen LogP) is 0.531. The second kappa shape index (κ2) is 8.27. The number of nitrogens with zero attached hydrogens (tertiary/aromatic N) is 3. The van der Waals surface area contributed by atoms with Crippen molar-refractivity contribution in [2.24, 2.45) is 0 Å². The zero-order valence-corrected chi connectivity index (χ0v) is 14.6. The summed E-state index contributed by atoms with van der Waals surface area (Å²) in [5.41, 5.74) is 0.155. The molecule has 2 heterocycles. The number of nitrogens with one attached hydrogen (secondary N) is 1. The van der Waals surface area contributed by atoms with Crippen LogP contribution in [-0.2, 0) is 14.4 Å². The number of benzene rings is 1. The molecule has 8 heteroatoms. The smallest absolute Gasteiger partial charge is 0.312 e. The van der Waals surface area contributed by atoms with Crippen LogP contribution in [0.5, 0.6) is 0 Å². The SMILES string of the molecule is O=C(CN1CCN(C(=O)C(=O)N2CCCC2)CC1)Nc1ccccc1F. The quantitative estimate of drug-likeness (QED) is 0.797. The lowest BCUT2D eigenvalue weighted by Gasteiger charge is -2.34. The van der Waals surface area contributed by atoms with Gasteiger partial charge in [-0.3, -0.25) is 19.3 Å². The normalized spacial score (nSPS) is 18.0. The van der Waals surface area contributed by atoms with Crippen LogP contribution < -0.4 is 5.32 Å². The summed E-state index contributed by atoms with van der Waals surface area (Å²) in [7, 11) is 0. The minimum Gasteiger partial charge on any atom is -0.334 e. The molecule has 0 unspecified atom stereocenters. The molecular formula is C18H23FN4O3. The third-order valence-corrected chi connectivity index (χ3v) is 4.75. The lowest BCUT2D eigenvalue weighted by molar-refractivity contribution is -0.152. The minimum atomic E-state index is -0.475. The van der Waals surface area contributed by atoms with E-state index in [0.717, 1.165) is 12.8 Å². The molecular weight excluding hydrogens is 339 g/mol. The van der Waals surface area contributed by atoms with Crippen molar-refractivity contribution in [1.82, 2.24) is 14.7 Å². The van der Waals surface area contributed by atoms with Gasteiger partial charge in [-0.25, -0.2) is 4.39 Å². The number of carbonyl (C=O) groups is 3. The molecule has 0 aromatic heterocycles. The van der Waals surface area contributed by atoms with E-state index in [-0.39, 0.29) is 18.1 Å². The molecule has 2 aliphatic heterocycles. The summed E-state index contributed by atoms with van der Waals surface area (Å²) < 4.78 is 13.6. The summed E-state index contributed by atoms with van der Waals surface area (Å²) in [5.74, 6) is -1.66. The Hall–Kier alpha value is -2.48. The molecule has 2 aliphatic rings. The molecule has 0 bridgehead atoms. The summed E-state index contributed by atoms with van der Waals surface area (Å²) in [6, 6.07) is 6.01. The number of hydrogen-bond acceptors (Lipinski definition) is 4. The van der Waals surface area contributed by atoms with Crippen molar-refractivity contribution in [2.45, 2.75) is 12.8 Å². The number of halogens is 1. The molecule has 26 heavy (non-hydrogen) atoms.